The highest BCUT2D eigenvalue weighted by Crippen LogP contribution is 1.97. The third kappa shape index (κ3) is 3.72. The number of hydrogen-bond acceptors (Lipinski definition) is 3. The summed E-state index contributed by atoms with van der Waals surface area (Å²) in [4.78, 5) is 0. The summed E-state index contributed by atoms with van der Waals surface area (Å²) in [6.07, 6.45) is 5.97. The summed E-state index contributed by atoms with van der Waals surface area (Å²) in [6, 6.07) is -0.167. The molecule has 0 aromatic rings. The molecule has 1 atom stereocenters. The van der Waals surface area contributed by atoms with E-state index in [4.69, 9.17) is 15.9 Å². The summed E-state index contributed by atoms with van der Waals surface area (Å²) < 4.78 is 10.0. The maximum Gasteiger partial charge on any atom is 0.183 e. The van der Waals surface area contributed by atoms with Crippen LogP contribution in [0, 0.1) is 12.3 Å². The van der Waals surface area contributed by atoms with Crippen LogP contribution in [-0.4, -0.2) is 33.1 Å². The van der Waals surface area contributed by atoms with Crippen LogP contribution in [0.15, 0.2) is 0 Å². The van der Waals surface area contributed by atoms with Crippen LogP contribution >= 0.6 is 0 Å². The fraction of sp³-hybridized carbons (Fsp3) is 0.778. The smallest absolute Gasteiger partial charge is 0.183 e. The lowest BCUT2D eigenvalue weighted by Gasteiger charge is -2.20. The molecule has 1 unspecified atom stereocenters. The monoisotopic (exact) mass is 171 g/mol. The van der Waals surface area contributed by atoms with Crippen molar-refractivity contribution < 1.29 is 9.47 Å². The average Bonchev–Trinajstić information content (AvgIpc) is 2.12. The SMILES string of the molecule is C#CC(NCCC)C(OC)OC. The maximum atomic E-state index is 5.29. The molecule has 3 heteroatoms. The van der Waals surface area contributed by atoms with Gasteiger partial charge in [0.1, 0.15) is 6.04 Å². The van der Waals surface area contributed by atoms with Gasteiger partial charge in [-0.05, 0) is 13.0 Å². The first-order valence-corrected chi connectivity index (χ1v) is 4.05. The van der Waals surface area contributed by atoms with Gasteiger partial charge in [-0.2, -0.15) is 0 Å². The van der Waals surface area contributed by atoms with Crippen molar-refractivity contribution in [2.45, 2.75) is 25.7 Å². The fourth-order valence-electron chi connectivity index (χ4n) is 0.902. The van der Waals surface area contributed by atoms with Gasteiger partial charge >= 0.3 is 0 Å². The molecule has 0 heterocycles. The van der Waals surface area contributed by atoms with Crippen molar-refractivity contribution in [3.8, 4) is 12.3 Å². The molecule has 70 valence electrons. The molecule has 0 spiro atoms. The minimum Gasteiger partial charge on any atom is -0.353 e. The van der Waals surface area contributed by atoms with Gasteiger partial charge in [0.2, 0.25) is 0 Å². The molecule has 0 aliphatic rings. The molecule has 0 saturated carbocycles. The van der Waals surface area contributed by atoms with Crippen LogP contribution < -0.4 is 5.32 Å². The normalized spacial score (nSPS) is 12.9. The van der Waals surface area contributed by atoms with Crippen LogP contribution in [0.25, 0.3) is 0 Å². The second kappa shape index (κ2) is 7.11. The Labute approximate surface area is 74.4 Å². The van der Waals surface area contributed by atoms with Crippen molar-refractivity contribution in [1.29, 1.82) is 0 Å². The highest BCUT2D eigenvalue weighted by Gasteiger charge is 2.16. The molecule has 1 N–H and O–H groups in total. The molecule has 0 fully saturated rings. The minimum atomic E-state index is -0.360. The summed E-state index contributed by atoms with van der Waals surface area (Å²) >= 11 is 0. The molecule has 0 rings (SSSR count). The second-order valence-corrected chi connectivity index (χ2v) is 2.44. The zero-order valence-corrected chi connectivity index (χ0v) is 7.96. The highest BCUT2D eigenvalue weighted by molar-refractivity contribution is 5.00. The van der Waals surface area contributed by atoms with Crippen molar-refractivity contribution in [3.63, 3.8) is 0 Å². The number of ether oxygens (including phenoxy) is 2. The van der Waals surface area contributed by atoms with Crippen LogP contribution in [-0.2, 0) is 9.47 Å². The van der Waals surface area contributed by atoms with Crippen molar-refractivity contribution in [2.24, 2.45) is 0 Å². The highest BCUT2D eigenvalue weighted by atomic mass is 16.7. The van der Waals surface area contributed by atoms with E-state index in [0.717, 1.165) is 13.0 Å². The Morgan fingerprint density at radius 1 is 1.42 bits per heavy atom. The Morgan fingerprint density at radius 3 is 2.33 bits per heavy atom. The zero-order chi connectivity index (χ0) is 9.40. The first kappa shape index (κ1) is 11.4. The Kier molecular flexibility index (Phi) is 6.78. The van der Waals surface area contributed by atoms with Gasteiger partial charge in [-0.1, -0.05) is 12.8 Å². The summed E-state index contributed by atoms with van der Waals surface area (Å²) in [5, 5.41) is 3.13. The lowest BCUT2D eigenvalue weighted by atomic mass is 10.3. The number of terminal acetylenes is 1. The quantitative estimate of drug-likeness (QED) is 0.469. The summed E-state index contributed by atoms with van der Waals surface area (Å²) in [5.41, 5.74) is 0. The number of nitrogens with one attached hydrogen (secondary N) is 1. The van der Waals surface area contributed by atoms with Crippen molar-refractivity contribution in [1.82, 2.24) is 5.32 Å². The van der Waals surface area contributed by atoms with Gasteiger partial charge < -0.3 is 9.47 Å². The van der Waals surface area contributed by atoms with E-state index in [1.807, 2.05) is 0 Å². The lowest BCUT2D eigenvalue weighted by Crippen LogP contribution is -2.41. The Hall–Kier alpha value is -0.560. The maximum absolute atomic E-state index is 5.29. The van der Waals surface area contributed by atoms with Gasteiger partial charge in [-0.3, -0.25) is 5.32 Å². The topological polar surface area (TPSA) is 30.5 Å². The summed E-state index contributed by atoms with van der Waals surface area (Å²) in [6.45, 7) is 2.95. The molecule has 0 bridgehead atoms. The van der Waals surface area contributed by atoms with Gasteiger partial charge in [0.05, 0.1) is 0 Å². The zero-order valence-electron chi connectivity index (χ0n) is 7.96. The molecule has 0 aromatic heterocycles. The first-order valence-electron chi connectivity index (χ1n) is 4.05. The van der Waals surface area contributed by atoms with Crippen molar-refractivity contribution in [3.05, 3.63) is 0 Å². The van der Waals surface area contributed by atoms with Crippen LogP contribution in [0.4, 0.5) is 0 Å². The fourth-order valence-corrected chi connectivity index (χ4v) is 0.902. The molecule has 3 nitrogen and oxygen atoms in total. The Morgan fingerprint density at radius 2 is 2.00 bits per heavy atom. The molecule has 0 aliphatic carbocycles. The Bertz CT molecular complexity index is 138. The van der Waals surface area contributed by atoms with Crippen LogP contribution in [0.5, 0.6) is 0 Å². The van der Waals surface area contributed by atoms with E-state index < -0.39 is 0 Å². The average molecular weight is 171 g/mol. The van der Waals surface area contributed by atoms with E-state index in [1.54, 1.807) is 14.2 Å². The van der Waals surface area contributed by atoms with Crippen molar-refractivity contribution in [2.75, 3.05) is 20.8 Å². The van der Waals surface area contributed by atoms with E-state index in [1.165, 1.54) is 0 Å². The minimum absolute atomic E-state index is 0.167. The summed E-state index contributed by atoms with van der Waals surface area (Å²) in [7, 11) is 3.15. The predicted octanol–water partition coefficient (Wildman–Crippen LogP) is 0.607. The molecular formula is C9H17NO2. The number of methoxy groups -OCH3 is 2. The number of hydrogen-bond donors (Lipinski definition) is 1. The molecule has 0 amide bonds. The van der Waals surface area contributed by atoms with Crippen LogP contribution in [0.2, 0.25) is 0 Å². The van der Waals surface area contributed by atoms with E-state index in [-0.39, 0.29) is 12.3 Å². The molecule has 0 saturated heterocycles. The molecule has 0 radical (unpaired) electrons. The van der Waals surface area contributed by atoms with E-state index >= 15 is 0 Å². The van der Waals surface area contributed by atoms with Gasteiger partial charge in [0, 0.05) is 14.2 Å². The largest absolute Gasteiger partial charge is 0.353 e. The summed E-state index contributed by atoms with van der Waals surface area (Å²) in [5.74, 6) is 2.58. The van der Waals surface area contributed by atoms with Crippen LogP contribution in [0.3, 0.4) is 0 Å². The predicted molar refractivity (Wildman–Crippen MR) is 48.7 cm³/mol. The van der Waals surface area contributed by atoms with Crippen LogP contribution in [0.1, 0.15) is 13.3 Å². The third-order valence-electron chi connectivity index (χ3n) is 1.53. The molecule has 0 aliphatic heterocycles. The standard InChI is InChI=1S/C9H17NO2/c1-5-7-10-8(6-2)9(11-3)12-4/h2,8-10H,5,7H2,1,3-4H3. The van der Waals surface area contributed by atoms with E-state index in [2.05, 4.69) is 18.2 Å². The first-order chi connectivity index (χ1) is 5.79. The Balaban J connectivity index is 3.86. The molecule has 0 aromatic carbocycles. The van der Waals surface area contributed by atoms with Gasteiger partial charge in [-0.25, -0.2) is 0 Å². The third-order valence-corrected chi connectivity index (χ3v) is 1.53. The van der Waals surface area contributed by atoms with Gasteiger partial charge in [0.15, 0.2) is 6.29 Å². The van der Waals surface area contributed by atoms with Gasteiger partial charge in [-0.15, -0.1) is 6.42 Å². The molecule has 12 heavy (non-hydrogen) atoms. The molecular weight excluding hydrogens is 154 g/mol. The van der Waals surface area contributed by atoms with Gasteiger partial charge in [0.25, 0.3) is 0 Å². The van der Waals surface area contributed by atoms with E-state index in [0.29, 0.717) is 0 Å². The second-order valence-electron chi connectivity index (χ2n) is 2.44. The number of rotatable bonds is 6. The van der Waals surface area contributed by atoms with E-state index in [9.17, 15) is 0 Å². The lowest BCUT2D eigenvalue weighted by molar-refractivity contribution is -0.112. The van der Waals surface area contributed by atoms with Crippen molar-refractivity contribution >= 4 is 0 Å².